The molecule has 2 amide bonds. The van der Waals surface area contributed by atoms with Gasteiger partial charge in [-0.25, -0.2) is 8.42 Å². The van der Waals surface area contributed by atoms with Crippen molar-refractivity contribution in [3.8, 4) is 0 Å². The first kappa shape index (κ1) is 22.7. The molecule has 1 aromatic carbocycles. The molecule has 0 unspecified atom stereocenters. The minimum absolute atomic E-state index is 0.121. The van der Waals surface area contributed by atoms with Crippen LogP contribution in [0.5, 0.6) is 0 Å². The molecule has 2 saturated heterocycles. The van der Waals surface area contributed by atoms with Crippen molar-refractivity contribution >= 4 is 21.8 Å². The average Bonchev–Trinajstić information content (AvgIpc) is 2.70. The molecule has 2 heterocycles. The highest BCUT2D eigenvalue weighted by atomic mass is 32.2. The van der Waals surface area contributed by atoms with Crippen molar-refractivity contribution in [1.82, 2.24) is 19.4 Å². The minimum Gasteiger partial charge on any atom is -0.356 e. The fraction of sp³-hybridized carbons (Fsp3) is 0.600. The lowest BCUT2D eigenvalue weighted by Gasteiger charge is -2.38. The van der Waals surface area contributed by atoms with Crippen LogP contribution < -0.4 is 5.32 Å². The summed E-state index contributed by atoms with van der Waals surface area (Å²) in [6.07, 6.45) is 0.441. The Kier molecular flexibility index (Phi) is 7.12. The van der Waals surface area contributed by atoms with Crippen LogP contribution in [0.15, 0.2) is 24.3 Å². The Morgan fingerprint density at radius 1 is 1.17 bits per heavy atom. The van der Waals surface area contributed by atoms with E-state index in [0.717, 1.165) is 11.1 Å². The number of hydrogen-bond donors (Lipinski definition) is 1. The first-order valence-corrected chi connectivity index (χ1v) is 11.9. The molecule has 166 valence electrons. The number of carbonyl (C=O) groups excluding carboxylic acids is 2. The third-order valence-corrected chi connectivity index (χ3v) is 6.99. The smallest absolute Gasteiger partial charge is 0.251 e. The van der Waals surface area contributed by atoms with Gasteiger partial charge in [-0.3, -0.25) is 14.5 Å². The molecule has 1 aromatic rings. The standard InChI is InChI=1S/C20H30N4O5S/c1-15-4-6-16(7-5-15)18-19(29-14-17(25)22(18)2)20(26)21-8-9-23-10-12-24(13-11-23)30(3,27)28/h4-7,18-19H,8-14H2,1-3H3,(H,21,26)/t18-,19+/m1/s1. The number of nitrogens with zero attached hydrogens (tertiary/aromatic N) is 3. The molecule has 9 nitrogen and oxygen atoms in total. The second-order valence-corrected chi connectivity index (χ2v) is 9.87. The third-order valence-electron chi connectivity index (χ3n) is 5.69. The maximum Gasteiger partial charge on any atom is 0.251 e. The highest BCUT2D eigenvalue weighted by Crippen LogP contribution is 2.29. The Morgan fingerprint density at radius 2 is 1.80 bits per heavy atom. The first-order chi connectivity index (χ1) is 14.2. The Morgan fingerprint density at radius 3 is 2.40 bits per heavy atom. The van der Waals surface area contributed by atoms with Crippen molar-refractivity contribution in [1.29, 1.82) is 0 Å². The predicted molar refractivity (Wildman–Crippen MR) is 112 cm³/mol. The van der Waals surface area contributed by atoms with Crippen LogP contribution in [0.1, 0.15) is 17.2 Å². The van der Waals surface area contributed by atoms with E-state index in [1.54, 1.807) is 11.9 Å². The SMILES string of the molecule is Cc1ccc([C@@H]2[C@@H](C(=O)NCCN3CCN(S(C)(=O)=O)CC3)OCC(=O)N2C)cc1. The number of rotatable bonds is 6. The molecular weight excluding hydrogens is 408 g/mol. The number of morpholine rings is 1. The van der Waals surface area contributed by atoms with Crippen molar-refractivity contribution in [2.24, 2.45) is 0 Å². The summed E-state index contributed by atoms with van der Waals surface area (Å²) in [5.74, 6) is -0.414. The van der Waals surface area contributed by atoms with Gasteiger partial charge in [0.1, 0.15) is 6.61 Å². The first-order valence-electron chi connectivity index (χ1n) is 10.1. The Balaban J connectivity index is 1.56. The lowest BCUT2D eigenvalue weighted by atomic mass is 9.97. The van der Waals surface area contributed by atoms with E-state index >= 15 is 0 Å². The van der Waals surface area contributed by atoms with Gasteiger partial charge >= 0.3 is 0 Å². The largest absolute Gasteiger partial charge is 0.356 e. The van der Waals surface area contributed by atoms with Gasteiger partial charge in [0.2, 0.25) is 15.9 Å². The molecule has 2 atom stereocenters. The van der Waals surface area contributed by atoms with Crippen molar-refractivity contribution < 1.29 is 22.7 Å². The highest BCUT2D eigenvalue weighted by Gasteiger charge is 2.39. The Labute approximate surface area is 178 Å². The van der Waals surface area contributed by atoms with E-state index in [9.17, 15) is 18.0 Å². The minimum atomic E-state index is -3.15. The van der Waals surface area contributed by atoms with E-state index < -0.39 is 22.2 Å². The van der Waals surface area contributed by atoms with Crippen LogP contribution in [-0.2, 0) is 24.3 Å². The number of sulfonamides is 1. The Hall–Kier alpha value is -2.01. The molecule has 0 saturated carbocycles. The van der Waals surface area contributed by atoms with Crippen molar-refractivity contribution in [3.05, 3.63) is 35.4 Å². The summed E-state index contributed by atoms with van der Waals surface area (Å²) in [7, 11) is -1.46. The molecule has 0 bridgehead atoms. The monoisotopic (exact) mass is 438 g/mol. The molecule has 0 aromatic heterocycles. The van der Waals surface area contributed by atoms with Crippen molar-refractivity contribution in [3.63, 3.8) is 0 Å². The van der Waals surface area contributed by atoms with Crippen LogP contribution >= 0.6 is 0 Å². The number of carbonyl (C=O) groups is 2. The van der Waals surface area contributed by atoms with Crippen LogP contribution in [-0.4, -0.2) is 99.6 Å². The maximum atomic E-state index is 12.8. The molecular formula is C20H30N4O5S. The van der Waals surface area contributed by atoms with Gasteiger partial charge in [-0.05, 0) is 12.5 Å². The van der Waals surface area contributed by atoms with E-state index in [4.69, 9.17) is 4.74 Å². The number of aryl methyl sites for hydroxylation is 1. The van der Waals surface area contributed by atoms with Gasteiger partial charge in [0.05, 0.1) is 12.3 Å². The van der Waals surface area contributed by atoms with Gasteiger partial charge in [0, 0.05) is 46.3 Å². The molecule has 1 N–H and O–H groups in total. The van der Waals surface area contributed by atoms with E-state index in [1.807, 2.05) is 31.2 Å². The number of amides is 2. The average molecular weight is 439 g/mol. The van der Waals surface area contributed by atoms with Crippen LogP contribution in [0, 0.1) is 6.92 Å². The van der Waals surface area contributed by atoms with Gasteiger partial charge in [0.25, 0.3) is 5.91 Å². The highest BCUT2D eigenvalue weighted by molar-refractivity contribution is 7.88. The van der Waals surface area contributed by atoms with Gasteiger partial charge in [0.15, 0.2) is 6.10 Å². The summed E-state index contributed by atoms with van der Waals surface area (Å²) >= 11 is 0. The topological polar surface area (TPSA) is 99.3 Å². The normalized spacial score (nSPS) is 24.1. The van der Waals surface area contributed by atoms with E-state index in [0.29, 0.717) is 39.3 Å². The summed E-state index contributed by atoms with van der Waals surface area (Å²) < 4.78 is 30.3. The molecule has 2 fully saturated rings. The number of nitrogens with one attached hydrogen (secondary N) is 1. The summed E-state index contributed by atoms with van der Waals surface area (Å²) in [6, 6.07) is 7.26. The zero-order valence-electron chi connectivity index (χ0n) is 17.7. The molecule has 2 aliphatic rings. The van der Waals surface area contributed by atoms with Crippen LogP contribution in [0.25, 0.3) is 0 Å². The van der Waals surface area contributed by atoms with Gasteiger partial charge in [-0.15, -0.1) is 0 Å². The van der Waals surface area contributed by atoms with Gasteiger partial charge in [-0.2, -0.15) is 4.31 Å². The van der Waals surface area contributed by atoms with Crippen molar-refractivity contribution in [2.45, 2.75) is 19.1 Å². The number of likely N-dealkylation sites (N-methyl/N-ethyl adjacent to an activating group) is 1. The number of hydrogen-bond acceptors (Lipinski definition) is 6. The fourth-order valence-electron chi connectivity index (χ4n) is 3.82. The molecule has 10 heteroatoms. The van der Waals surface area contributed by atoms with E-state index in [1.165, 1.54) is 10.6 Å². The molecule has 2 aliphatic heterocycles. The summed E-state index contributed by atoms with van der Waals surface area (Å²) in [5, 5.41) is 2.91. The van der Waals surface area contributed by atoms with Gasteiger partial charge in [-0.1, -0.05) is 29.8 Å². The number of benzene rings is 1. The van der Waals surface area contributed by atoms with E-state index in [-0.39, 0.29) is 18.4 Å². The van der Waals surface area contributed by atoms with E-state index in [2.05, 4.69) is 10.2 Å². The molecule has 0 aliphatic carbocycles. The second-order valence-electron chi connectivity index (χ2n) is 7.89. The quantitative estimate of drug-likeness (QED) is 0.648. The Bertz CT molecular complexity index is 866. The molecule has 3 rings (SSSR count). The lowest BCUT2D eigenvalue weighted by molar-refractivity contribution is -0.162. The summed E-state index contributed by atoms with van der Waals surface area (Å²) in [4.78, 5) is 28.7. The number of piperazine rings is 1. The predicted octanol–water partition coefficient (Wildman–Crippen LogP) is -0.413. The lowest BCUT2D eigenvalue weighted by Crippen LogP contribution is -2.54. The summed E-state index contributed by atoms with van der Waals surface area (Å²) in [6.45, 7) is 5.09. The van der Waals surface area contributed by atoms with Crippen LogP contribution in [0.3, 0.4) is 0 Å². The zero-order chi connectivity index (χ0) is 21.9. The number of ether oxygens (including phenoxy) is 1. The maximum absolute atomic E-state index is 12.8. The molecule has 30 heavy (non-hydrogen) atoms. The third kappa shape index (κ3) is 5.37. The molecule has 0 radical (unpaired) electrons. The van der Waals surface area contributed by atoms with Gasteiger partial charge < -0.3 is 15.0 Å². The molecule has 0 spiro atoms. The fourth-order valence-corrected chi connectivity index (χ4v) is 4.64. The summed E-state index contributed by atoms with van der Waals surface area (Å²) in [5.41, 5.74) is 1.95. The van der Waals surface area contributed by atoms with Crippen molar-refractivity contribution in [2.75, 3.05) is 59.2 Å². The second kappa shape index (κ2) is 9.42. The van der Waals surface area contributed by atoms with Crippen LogP contribution in [0.4, 0.5) is 0 Å². The zero-order valence-corrected chi connectivity index (χ0v) is 18.5. The van der Waals surface area contributed by atoms with Crippen LogP contribution in [0.2, 0.25) is 0 Å².